The second-order valence-corrected chi connectivity index (χ2v) is 17.4. The van der Waals surface area contributed by atoms with Gasteiger partial charge in [0, 0.05) is 49.5 Å². The van der Waals surface area contributed by atoms with Gasteiger partial charge in [0.2, 0.25) is 17.7 Å². The molecule has 3 aliphatic heterocycles. The quantitative estimate of drug-likeness (QED) is 0.0525. The number of hydrogen-bond donors (Lipinski definition) is 5. The summed E-state index contributed by atoms with van der Waals surface area (Å²) in [7, 11) is 4.40. The topological polar surface area (TPSA) is 248 Å². The van der Waals surface area contributed by atoms with E-state index in [4.69, 9.17) is 24.7 Å². The van der Waals surface area contributed by atoms with Crippen LogP contribution < -0.4 is 40.8 Å². The summed E-state index contributed by atoms with van der Waals surface area (Å²) in [6.07, 6.45) is 4.14. The van der Waals surface area contributed by atoms with Crippen molar-refractivity contribution in [1.29, 1.82) is 0 Å². The Bertz CT molecular complexity index is 2680. The molecule has 3 heterocycles. The fraction of sp³-hybridized carbons (Fsp3) is 0.340. The number of carbonyl (C=O) groups excluding carboxylic acids is 7. The Kier molecular flexibility index (Phi) is 17.4. The Morgan fingerprint density at radius 3 is 2.12 bits per heavy atom. The number of ether oxygens (including phenoxy) is 4. The lowest BCUT2D eigenvalue weighted by Crippen LogP contribution is -2.53. The first-order valence-corrected chi connectivity index (χ1v) is 23.7. The fourth-order valence-corrected chi connectivity index (χ4v) is 8.69. The Morgan fingerprint density at radius 2 is 1.46 bits per heavy atom. The molecule has 0 unspecified atom stereocenters. The summed E-state index contributed by atoms with van der Waals surface area (Å²) in [6.45, 7) is 0.297. The van der Waals surface area contributed by atoms with Crippen LogP contribution in [0.15, 0.2) is 109 Å². The lowest BCUT2D eigenvalue weighted by atomic mass is 10.0. The minimum atomic E-state index is -1.55. The van der Waals surface area contributed by atoms with E-state index >= 15 is 0 Å². The van der Waals surface area contributed by atoms with Crippen LogP contribution in [0.3, 0.4) is 0 Å². The van der Waals surface area contributed by atoms with Gasteiger partial charge in [0.1, 0.15) is 24.4 Å². The third-order valence-corrected chi connectivity index (χ3v) is 12.6. The normalized spacial score (nSPS) is 16.8. The van der Waals surface area contributed by atoms with Gasteiger partial charge in [0.05, 0.1) is 38.6 Å². The van der Waals surface area contributed by atoms with Gasteiger partial charge in [0.25, 0.3) is 17.7 Å². The van der Waals surface area contributed by atoms with Crippen molar-refractivity contribution in [2.75, 3.05) is 44.6 Å². The SMILES string of the molecule is COc1ccc(C2=CN3C(=O)c4cc(OC)c(OC)cc4N(C(=O)OCc4ccc(NC(=O)[C@H](CCCCN)NC(=O)[C@H](Cc5ccccc5)NC(=O)CCCCN5C(=O)C=CC5=O)cc4)[C@@H](O)[C@@H]3C2)cc1. The molecular formula is C53H59N7O12. The van der Waals surface area contributed by atoms with Gasteiger partial charge in [-0.1, -0.05) is 54.6 Å². The number of aliphatic hydroxyl groups is 1. The number of imide groups is 1. The van der Waals surface area contributed by atoms with Crippen LogP contribution in [0.1, 0.15) is 72.0 Å². The van der Waals surface area contributed by atoms with Crippen LogP contribution in [0.5, 0.6) is 17.2 Å². The van der Waals surface area contributed by atoms with Crippen molar-refractivity contribution < 1.29 is 57.6 Å². The molecule has 72 heavy (non-hydrogen) atoms. The zero-order chi connectivity index (χ0) is 51.3. The third-order valence-electron chi connectivity index (χ3n) is 12.6. The molecule has 6 N–H and O–H groups in total. The molecule has 4 aromatic rings. The molecule has 4 aromatic carbocycles. The van der Waals surface area contributed by atoms with Crippen LogP contribution in [0.4, 0.5) is 16.2 Å². The van der Waals surface area contributed by atoms with Crippen molar-refractivity contribution in [3.05, 3.63) is 132 Å². The fourth-order valence-electron chi connectivity index (χ4n) is 8.69. The highest BCUT2D eigenvalue weighted by Gasteiger charge is 2.46. The smallest absolute Gasteiger partial charge is 0.416 e. The number of anilines is 2. The number of unbranched alkanes of at least 4 members (excludes halogenated alkanes) is 2. The number of aliphatic hydroxyl groups excluding tert-OH is 1. The van der Waals surface area contributed by atoms with Crippen LogP contribution in [0.25, 0.3) is 5.57 Å². The minimum Gasteiger partial charge on any atom is -0.497 e. The molecule has 19 heteroatoms. The van der Waals surface area contributed by atoms with Crippen molar-refractivity contribution in [3.8, 4) is 17.2 Å². The maximum Gasteiger partial charge on any atom is 0.416 e. The molecule has 378 valence electrons. The number of nitrogens with zero attached hydrogens (tertiary/aromatic N) is 3. The molecule has 3 aliphatic rings. The second kappa shape index (κ2) is 24.2. The molecule has 0 aliphatic carbocycles. The highest BCUT2D eigenvalue weighted by molar-refractivity contribution is 6.13. The summed E-state index contributed by atoms with van der Waals surface area (Å²) in [6, 6.07) is 22.9. The average Bonchev–Trinajstić information content (AvgIpc) is 3.97. The van der Waals surface area contributed by atoms with Gasteiger partial charge in [0.15, 0.2) is 17.7 Å². The first-order chi connectivity index (χ1) is 34.8. The second-order valence-electron chi connectivity index (χ2n) is 17.4. The average molecular weight is 986 g/mol. The number of fused-ring (bicyclic) bond motifs is 2. The van der Waals surface area contributed by atoms with E-state index in [0.29, 0.717) is 49.2 Å². The summed E-state index contributed by atoms with van der Waals surface area (Å²) >= 11 is 0. The van der Waals surface area contributed by atoms with E-state index in [1.807, 2.05) is 42.5 Å². The van der Waals surface area contributed by atoms with E-state index < -0.39 is 65.9 Å². The molecule has 0 radical (unpaired) electrons. The zero-order valence-electron chi connectivity index (χ0n) is 40.3. The minimum absolute atomic E-state index is 0.0433. The van der Waals surface area contributed by atoms with Crippen molar-refractivity contribution in [2.45, 2.75) is 82.3 Å². The molecule has 7 rings (SSSR count). The molecule has 19 nitrogen and oxygen atoms in total. The molecule has 0 spiro atoms. The van der Waals surface area contributed by atoms with Gasteiger partial charge in [-0.2, -0.15) is 0 Å². The van der Waals surface area contributed by atoms with E-state index in [2.05, 4.69) is 16.0 Å². The maximum absolute atomic E-state index is 14.2. The van der Waals surface area contributed by atoms with Gasteiger partial charge < -0.3 is 50.6 Å². The highest BCUT2D eigenvalue weighted by Crippen LogP contribution is 2.43. The number of rotatable bonds is 22. The highest BCUT2D eigenvalue weighted by atomic mass is 16.6. The summed E-state index contributed by atoms with van der Waals surface area (Å²) < 4.78 is 22.1. The number of carbonyl (C=O) groups is 7. The van der Waals surface area contributed by atoms with Crippen molar-refractivity contribution in [2.24, 2.45) is 5.73 Å². The van der Waals surface area contributed by atoms with Gasteiger partial charge in [-0.05, 0) is 97.7 Å². The molecule has 0 fully saturated rings. The monoisotopic (exact) mass is 985 g/mol. The van der Waals surface area contributed by atoms with Crippen molar-refractivity contribution in [1.82, 2.24) is 20.4 Å². The third kappa shape index (κ3) is 12.5. The molecule has 0 aromatic heterocycles. The Hall–Kier alpha value is -8.03. The largest absolute Gasteiger partial charge is 0.497 e. The van der Waals surface area contributed by atoms with Crippen molar-refractivity contribution in [3.63, 3.8) is 0 Å². The van der Waals surface area contributed by atoms with Crippen LogP contribution in [-0.2, 0) is 41.7 Å². The van der Waals surface area contributed by atoms with Crippen LogP contribution in [0.2, 0.25) is 0 Å². The molecule has 7 amide bonds. The van der Waals surface area contributed by atoms with E-state index in [-0.39, 0.29) is 61.6 Å². The summed E-state index contributed by atoms with van der Waals surface area (Å²) in [5.41, 5.74) is 9.17. The first kappa shape index (κ1) is 51.8. The van der Waals surface area contributed by atoms with E-state index in [0.717, 1.165) is 26.5 Å². The van der Waals surface area contributed by atoms with Crippen LogP contribution in [0, 0.1) is 0 Å². The van der Waals surface area contributed by atoms with Gasteiger partial charge >= 0.3 is 6.09 Å². The number of benzene rings is 4. The Labute approximate surface area is 416 Å². The lowest BCUT2D eigenvalue weighted by molar-refractivity contribution is -0.136. The predicted molar refractivity (Wildman–Crippen MR) is 265 cm³/mol. The number of methoxy groups -OCH3 is 3. The van der Waals surface area contributed by atoms with Crippen molar-refractivity contribution >= 4 is 58.5 Å². The summed E-state index contributed by atoms with van der Waals surface area (Å²) in [5, 5.41) is 20.5. The van der Waals surface area contributed by atoms with Gasteiger partial charge in [-0.15, -0.1) is 0 Å². The maximum atomic E-state index is 14.2. The molecule has 0 bridgehead atoms. The molecular weight excluding hydrogens is 927 g/mol. The van der Waals surface area contributed by atoms with Crippen LogP contribution in [-0.4, -0.2) is 115 Å². The number of nitrogens with one attached hydrogen (secondary N) is 3. The number of amides is 7. The number of nitrogens with two attached hydrogens (primary N) is 1. The predicted octanol–water partition coefficient (Wildman–Crippen LogP) is 4.82. The summed E-state index contributed by atoms with van der Waals surface area (Å²) in [4.78, 5) is 96.8. The molecule has 0 saturated heterocycles. The number of hydrogen-bond acceptors (Lipinski definition) is 13. The molecule has 4 atom stereocenters. The van der Waals surface area contributed by atoms with E-state index in [1.54, 1.807) is 49.7 Å². The van der Waals surface area contributed by atoms with Gasteiger partial charge in [-0.25, -0.2) is 9.69 Å². The Balaban J connectivity index is 1.00. The van der Waals surface area contributed by atoms with E-state index in [9.17, 15) is 38.7 Å². The zero-order valence-corrected chi connectivity index (χ0v) is 40.3. The van der Waals surface area contributed by atoms with E-state index in [1.165, 1.54) is 43.4 Å². The Morgan fingerprint density at radius 1 is 0.764 bits per heavy atom. The molecule has 0 saturated carbocycles. The lowest BCUT2D eigenvalue weighted by Gasteiger charge is -2.31. The van der Waals surface area contributed by atoms with Crippen LogP contribution >= 0.6 is 0 Å². The standard InChI is InChI=1S/C53H59N7O12/c1-69-38-21-17-35(18-22-38)36-28-43-52(67)60(42-30-45(71-3)44(70-2)29-39(42)51(66)59(43)31-36)53(68)72-32-34-15-19-37(20-16-34)55-49(64)40(13-7-9-25-54)57-50(65)41(27-33-11-5-4-6-12-33)56-46(61)14-8-10-26-58-47(62)23-24-48(58)63/h4-6,11-12,15-24,29-31,40-41,43,52,67H,7-10,13-14,25-28,32,54H2,1-3H3,(H,55,64)(H,56,61)(H,57,65)/t40-,41-,43-,52-/m0/s1. The first-order valence-electron chi connectivity index (χ1n) is 23.7. The summed E-state index contributed by atoms with van der Waals surface area (Å²) in [5.74, 6) is -1.62. The van der Waals surface area contributed by atoms with Gasteiger partial charge in [-0.3, -0.25) is 33.7 Å².